The molecule has 1 fully saturated rings. The molecular formula is C13H20N2O2. The summed E-state index contributed by atoms with van der Waals surface area (Å²) >= 11 is 0. The van der Waals surface area contributed by atoms with E-state index in [0.29, 0.717) is 6.61 Å². The lowest BCUT2D eigenvalue weighted by molar-refractivity contribution is -0.0631. The van der Waals surface area contributed by atoms with Crippen molar-refractivity contribution in [3.05, 3.63) is 29.8 Å². The summed E-state index contributed by atoms with van der Waals surface area (Å²) in [7, 11) is 1.71. The molecule has 0 radical (unpaired) electrons. The molecule has 1 atom stereocenters. The van der Waals surface area contributed by atoms with Gasteiger partial charge in [0.15, 0.2) is 0 Å². The first-order chi connectivity index (χ1) is 8.28. The maximum atomic E-state index is 5.78. The van der Waals surface area contributed by atoms with Gasteiger partial charge in [-0.05, 0) is 17.7 Å². The molecule has 1 heterocycles. The zero-order valence-corrected chi connectivity index (χ0v) is 10.3. The van der Waals surface area contributed by atoms with Crippen molar-refractivity contribution < 1.29 is 9.47 Å². The second kappa shape index (κ2) is 6.00. The van der Waals surface area contributed by atoms with Crippen LogP contribution in [0.3, 0.4) is 0 Å². The summed E-state index contributed by atoms with van der Waals surface area (Å²) < 4.78 is 10.7. The number of hydrogen-bond donors (Lipinski definition) is 1. The maximum absolute atomic E-state index is 5.78. The zero-order chi connectivity index (χ0) is 12.1. The molecule has 2 N–H and O–H groups in total. The van der Waals surface area contributed by atoms with Gasteiger partial charge in [-0.3, -0.25) is 4.90 Å². The Morgan fingerprint density at radius 2 is 2.41 bits per heavy atom. The molecule has 17 heavy (non-hydrogen) atoms. The minimum Gasteiger partial charge on any atom is -0.399 e. The number of benzene rings is 1. The number of methoxy groups -OCH3 is 1. The molecule has 0 aliphatic carbocycles. The number of rotatable bonds is 4. The molecule has 1 aliphatic rings. The lowest BCUT2D eigenvalue weighted by Gasteiger charge is -2.32. The van der Waals surface area contributed by atoms with Crippen LogP contribution in [0.1, 0.15) is 5.56 Å². The Morgan fingerprint density at radius 3 is 3.18 bits per heavy atom. The van der Waals surface area contributed by atoms with E-state index in [2.05, 4.69) is 11.0 Å². The largest absolute Gasteiger partial charge is 0.399 e. The summed E-state index contributed by atoms with van der Waals surface area (Å²) in [5, 5.41) is 0. The van der Waals surface area contributed by atoms with Gasteiger partial charge in [0.2, 0.25) is 0 Å². The molecule has 1 saturated heterocycles. The number of nitrogen functional groups attached to an aromatic ring is 1. The smallest absolute Gasteiger partial charge is 0.0935 e. The van der Waals surface area contributed by atoms with E-state index in [1.165, 1.54) is 5.56 Å². The molecule has 1 aromatic carbocycles. The van der Waals surface area contributed by atoms with Crippen molar-refractivity contribution in [1.29, 1.82) is 0 Å². The molecule has 4 heteroatoms. The van der Waals surface area contributed by atoms with Crippen LogP contribution in [0.4, 0.5) is 5.69 Å². The minimum absolute atomic E-state index is 0.190. The van der Waals surface area contributed by atoms with Crippen LogP contribution in [0, 0.1) is 0 Å². The number of nitrogens with two attached hydrogens (primary N) is 1. The third-order valence-electron chi connectivity index (χ3n) is 2.93. The van der Waals surface area contributed by atoms with Crippen molar-refractivity contribution in [2.75, 3.05) is 39.1 Å². The summed E-state index contributed by atoms with van der Waals surface area (Å²) in [4.78, 5) is 2.38. The molecule has 0 amide bonds. The normalized spacial score (nSPS) is 21.6. The highest BCUT2D eigenvalue weighted by molar-refractivity contribution is 5.40. The Balaban J connectivity index is 1.90. The van der Waals surface area contributed by atoms with Crippen molar-refractivity contribution >= 4 is 5.69 Å². The molecule has 1 unspecified atom stereocenters. The van der Waals surface area contributed by atoms with Crippen molar-refractivity contribution in [2.24, 2.45) is 0 Å². The minimum atomic E-state index is 0.190. The van der Waals surface area contributed by atoms with Gasteiger partial charge < -0.3 is 15.2 Å². The Morgan fingerprint density at radius 1 is 1.53 bits per heavy atom. The van der Waals surface area contributed by atoms with Crippen LogP contribution in [0.15, 0.2) is 24.3 Å². The highest BCUT2D eigenvalue weighted by atomic mass is 16.5. The summed E-state index contributed by atoms with van der Waals surface area (Å²) in [6, 6.07) is 8.05. The molecule has 2 rings (SSSR count). The van der Waals surface area contributed by atoms with Crippen molar-refractivity contribution in [2.45, 2.75) is 12.6 Å². The lowest BCUT2D eigenvalue weighted by Crippen LogP contribution is -2.43. The Labute approximate surface area is 102 Å². The molecule has 0 bridgehead atoms. The molecular weight excluding hydrogens is 216 g/mol. The Hall–Kier alpha value is -1.10. The standard InChI is InChI=1S/C13H20N2O2/c1-16-10-13-9-15(5-6-17-13)8-11-3-2-4-12(14)7-11/h2-4,7,13H,5-6,8-10,14H2,1H3. The molecule has 94 valence electrons. The first-order valence-corrected chi connectivity index (χ1v) is 5.95. The van der Waals surface area contributed by atoms with Crippen LogP contribution in [0.2, 0.25) is 0 Å². The van der Waals surface area contributed by atoms with E-state index < -0.39 is 0 Å². The van der Waals surface area contributed by atoms with Crippen LogP contribution >= 0.6 is 0 Å². The predicted molar refractivity (Wildman–Crippen MR) is 67.7 cm³/mol. The van der Waals surface area contributed by atoms with Crippen molar-refractivity contribution in [3.8, 4) is 0 Å². The number of nitrogens with zero attached hydrogens (tertiary/aromatic N) is 1. The fourth-order valence-corrected chi connectivity index (χ4v) is 2.16. The quantitative estimate of drug-likeness (QED) is 0.796. The second-order valence-electron chi connectivity index (χ2n) is 4.43. The van der Waals surface area contributed by atoms with Crippen molar-refractivity contribution in [3.63, 3.8) is 0 Å². The lowest BCUT2D eigenvalue weighted by atomic mass is 10.1. The second-order valence-corrected chi connectivity index (χ2v) is 4.43. The predicted octanol–water partition coefficient (Wildman–Crippen LogP) is 1.12. The highest BCUT2D eigenvalue weighted by Crippen LogP contribution is 2.13. The highest BCUT2D eigenvalue weighted by Gasteiger charge is 2.20. The average Bonchev–Trinajstić information content (AvgIpc) is 2.30. The molecule has 0 saturated carbocycles. The van der Waals surface area contributed by atoms with Crippen LogP contribution in [-0.2, 0) is 16.0 Å². The van der Waals surface area contributed by atoms with E-state index in [4.69, 9.17) is 15.2 Å². The topological polar surface area (TPSA) is 47.7 Å². The Kier molecular flexibility index (Phi) is 4.36. The van der Waals surface area contributed by atoms with Crippen LogP contribution in [0.25, 0.3) is 0 Å². The van der Waals surface area contributed by atoms with E-state index in [1.54, 1.807) is 7.11 Å². The van der Waals surface area contributed by atoms with Gasteiger partial charge in [0.1, 0.15) is 0 Å². The number of anilines is 1. The van der Waals surface area contributed by atoms with Crippen LogP contribution in [0.5, 0.6) is 0 Å². The molecule has 0 aromatic heterocycles. The Bertz CT molecular complexity index is 355. The fourth-order valence-electron chi connectivity index (χ4n) is 2.16. The fraction of sp³-hybridized carbons (Fsp3) is 0.538. The maximum Gasteiger partial charge on any atom is 0.0935 e. The number of hydrogen-bond acceptors (Lipinski definition) is 4. The van der Waals surface area contributed by atoms with Gasteiger partial charge in [0.25, 0.3) is 0 Å². The molecule has 1 aromatic rings. The molecule has 0 spiro atoms. The average molecular weight is 236 g/mol. The zero-order valence-electron chi connectivity index (χ0n) is 10.3. The van der Waals surface area contributed by atoms with Gasteiger partial charge in [-0.15, -0.1) is 0 Å². The van der Waals surface area contributed by atoms with Gasteiger partial charge >= 0.3 is 0 Å². The molecule has 4 nitrogen and oxygen atoms in total. The SMILES string of the molecule is COCC1CN(Cc2cccc(N)c2)CCO1. The summed E-state index contributed by atoms with van der Waals surface area (Å²) in [6.07, 6.45) is 0.190. The van der Waals surface area contributed by atoms with E-state index >= 15 is 0 Å². The van der Waals surface area contributed by atoms with Crippen LogP contribution in [-0.4, -0.2) is 44.4 Å². The monoisotopic (exact) mass is 236 g/mol. The van der Waals surface area contributed by atoms with Gasteiger partial charge in [0.05, 0.1) is 19.3 Å². The number of ether oxygens (including phenoxy) is 2. The third kappa shape index (κ3) is 3.70. The first-order valence-electron chi connectivity index (χ1n) is 5.95. The molecule has 1 aliphatic heterocycles. The van der Waals surface area contributed by atoms with E-state index in [0.717, 1.165) is 31.9 Å². The summed E-state index contributed by atoms with van der Waals surface area (Å²) in [5.74, 6) is 0. The summed E-state index contributed by atoms with van der Waals surface area (Å²) in [5.41, 5.74) is 7.85. The van der Waals surface area contributed by atoms with Gasteiger partial charge in [-0.25, -0.2) is 0 Å². The summed E-state index contributed by atoms with van der Waals surface area (Å²) in [6.45, 7) is 4.25. The van der Waals surface area contributed by atoms with E-state index in [9.17, 15) is 0 Å². The van der Waals surface area contributed by atoms with Crippen molar-refractivity contribution in [1.82, 2.24) is 4.90 Å². The van der Waals surface area contributed by atoms with Gasteiger partial charge in [-0.2, -0.15) is 0 Å². The first kappa shape index (κ1) is 12.4. The van der Waals surface area contributed by atoms with E-state index in [-0.39, 0.29) is 6.10 Å². The third-order valence-corrected chi connectivity index (χ3v) is 2.93. The van der Waals surface area contributed by atoms with Gasteiger partial charge in [-0.1, -0.05) is 12.1 Å². The van der Waals surface area contributed by atoms with E-state index in [1.807, 2.05) is 18.2 Å². The van der Waals surface area contributed by atoms with Crippen LogP contribution < -0.4 is 5.73 Å². The van der Waals surface area contributed by atoms with Gasteiger partial charge in [0, 0.05) is 32.4 Å². The number of morpholine rings is 1.